The van der Waals surface area contributed by atoms with Crippen LogP contribution in [0.15, 0.2) is 24.3 Å². The van der Waals surface area contributed by atoms with Gasteiger partial charge < -0.3 is 20.3 Å². The first-order chi connectivity index (χ1) is 9.74. The quantitative estimate of drug-likeness (QED) is 0.753. The normalized spacial score (nSPS) is 8.65. The summed E-state index contributed by atoms with van der Waals surface area (Å²) in [7, 11) is 0. The van der Waals surface area contributed by atoms with Gasteiger partial charge in [-0.05, 0) is 24.3 Å². The van der Waals surface area contributed by atoms with Crippen LogP contribution in [0.2, 0.25) is 0 Å². The fourth-order valence-corrected chi connectivity index (χ4v) is 1.10. The highest BCUT2D eigenvalue weighted by Gasteiger charge is 1.99. The maximum atomic E-state index is 10.8. The van der Waals surface area contributed by atoms with Crippen molar-refractivity contribution >= 4 is 5.91 Å². The number of primary amides is 1. The van der Waals surface area contributed by atoms with Crippen LogP contribution in [-0.4, -0.2) is 37.4 Å². The van der Waals surface area contributed by atoms with Gasteiger partial charge in [0.1, 0.15) is 12.4 Å². The molecule has 5 nitrogen and oxygen atoms in total. The van der Waals surface area contributed by atoms with E-state index in [9.17, 15) is 4.79 Å². The Kier molecular flexibility index (Phi) is 16.0. The molecule has 0 radical (unpaired) electrons. The van der Waals surface area contributed by atoms with Crippen LogP contribution < -0.4 is 10.5 Å². The van der Waals surface area contributed by atoms with Crippen LogP contribution in [0, 0.1) is 0 Å². The Morgan fingerprint density at radius 1 is 1.05 bits per heavy atom. The first kappa shape index (κ1) is 20.7. The van der Waals surface area contributed by atoms with E-state index in [1.54, 1.807) is 24.3 Å². The molecular formula is C15H27NO4. The lowest BCUT2D eigenvalue weighted by atomic mass is 10.2. The number of ether oxygens (including phenoxy) is 2. The molecule has 0 saturated carbocycles. The molecule has 0 bridgehead atoms. The number of rotatable bonds is 7. The maximum absolute atomic E-state index is 10.8. The summed E-state index contributed by atoms with van der Waals surface area (Å²) in [5.41, 5.74) is 5.54. The molecule has 20 heavy (non-hydrogen) atoms. The predicted molar refractivity (Wildman–Crippen MR) is 81.1 cm³/mol. The van der Waals surface area contributed by atoms with Gasteiger partial charge in [-0.2, -0.15) is 0 Å². The van der Waals surface area contributed by atoms with Crippen molar-refractivity contribution in [1.82, 2.24) is 0 Å². The van der Waals surface area contributed by atoms with E-state index in [2.05, 4.69) is 0 Å². The molecule has 0 aliphatic carbocycles. The van der Waals surface area contributed by atoms with Crippen molar-refractivity contribution in [3.05, 3.63) is 29.8 Å². The van der Waals surface area contributed by atoms with Gasteiger partial charge in [0.2, 0.25) is 5.91 Å². The molecule has 0 aliphatic heterocycles. The molecule has 116 valence electrons. The minimum Gasteiger partial charge on any atom is -0.491 e. The zero-order chi connectivity index (χ0) is 15.8. The summed E-state index contributed by atoms with van der Waals surface area (Å²) in [5.74, 6) is 0.190. The minimum atomic E-state index is -0.460. The first-order valence-electron chi connectivity index (χ1n) is 6.95. The standard InChI is InChI=1S/C11H15NO4.2C2H6/c12-11(14)9-1-3-10(4-2-9)16-8-7-15-6-5-13;2*1-2/h1-4,13H,5-8H2,(H2,12,14);2*1-2H3. The topological polar surface area (TPSA) is 81.8 Å². The van der Waals surface area contributed by atoms with Crippen LogP contribution >= 0.6 is 0 Å². The van der Waals surface area contributed by atoms with Crippen LogP contribution in [0.5, 0.6) is 5.75 Å². The van der Waals surface area contributed by atoms with E-state index in [4.69, 9.17) is 20.3 Å². The van der Waals surface area contributed by atoms with Crippen molar-refractivity contribution in [3.63, 3.8) is 0 Å². The molecule has 0 fully saturated rings. The highest BCUT2D eigenvalue weighted by atomic mass is 16.5. The Morgan fingerprint density at radius 2 is 1.60 bits per heavy atom. The molecular weight excluding hydrogens is 258 g/mol. The second kappa shape index (κ2) is 15.5. The number of amides is 1. The third-order valence-corrected chi connectivity index (χ3v) is 1.87. The van der Waals surface area contributed by atoms with Crippen molar-refractivity contribution in [3.8, 4) is 5.75 Å². The summed E-state index contributed by atoms with van der Waals surface area (Å²) in [5, 5.41) is 8.46. The highest BCUT2D eigenvalue weighted by Crippen LogP contribution is 2.11. The lowest BCUT2D eigenvalue weighted by Crippen LogP contribution is -2.11. The lowest BCUT2D eigenvalue weighted by Gasteiger charge is -2.06. The maximum Gasteiger partial charge on any atom is 0.248 e. The number of carbonyl (C=O) groups excluding carboxylic acids is 1. The van der Waals surface area contributed by atoms with Crippen molar-refractivity contribution in [2.45, 2.75) is 27.7 Å². The molecule has 0 aromatic heterocycles. The van der Waals surface area contributed by atoms with E-state index in [-0.39, 0.29) is 6.61 Å². The molecule has 3 N–H and O–H groups in total. The fraction of sp³-hybridized carbons (Fsp3) is 0.533. The number of aliphatic hydroxyl groups excluding tert-OH is 1. The van der Waals surface area contributed by atoms with Crippen LogP contribution in [0.25, 0.3) is 0 Å². The number of hydrogen-bond donors (Lipinski definition) is 2. The van der Waals surface area contributed by atoms with Gasteiger partial charge in [0.15, 0.2) is 0 Å². The highest BCUT2D eigenvalue weighted by molar-refractivity contribution is 5.92. The molecule has 1 aromatic carbocycles. The van der Waals surface area contributed by atoms with Gasteiger partial charge in [-0.1, -0.05) is 27.7 Å². The predicted octanol–water partition coefficient (Wildman–Crippen LogP) is 2.23. The number of aliphatic hydroxyl groups is 1. The number of hydrogen-bond acceptors (Lipinski definition) is 4. The molecule has 0 atom stereocenters. The summed E-state index contributed by atoms with van der Waals surface area (Å²) in [6.07, 6.45) is 0. The lowest BCUT2D eigenvalue weighted by molar-refractivity contribution is 0.0705. The van der Waals surface area contributed by atoms with Crippen molar-refractivity contribution in [2.24, 2.45) is 5.73 Å². The van der Waals surface area contributed by atoms with Gasteiger partial charge in [-0.25, -0.2) is 0 Å². The van der Waals surface area contributed by atoms with Gasteiger partial charge >= 0.3 is 0 Å². The van der Waals surface area contributed by atoms with E-state index in [0.717, 1.165) is 0 Å². The van der Waals surface area contributed by atoms with Crippen LogP contribution in [0.1, 0.15) is 38.1 Å². The number of benzene rings is 1. The van der Waals surface area contributed by atoms with Crippen LogP contribution in [0.4, 0.5) is 0 Å². The van der Waals surface area contributed by atoms with Gasteiger partial charge in [0, 0.05) is 5.56 Å². The zero-order valence-electron chi connectivity index (χ0n) is 12.9. The second-order valence-corrected chi connectivity index (χ2v) is 3.07. The third kappa shape index (κ3) is 10.3. The van der Waals surface area contributed by atoms with Gasteiger partial charge in [-0.15, -0.1) is 0 Å². The monoisotopic (exact) mass is 285 g/mol. The average Bonchev–Trinajstić information content (AvgIpc) is 2.51. The fourth-order valence-electron chi connectivity index (χ4n) is 1.10. The van der Waals surface area contributed by atoms with E-state index < -0.39 is 5.91 Å². The van der Waals surface area contributed by atoms with E-state index in [1.165, 1.54) is 0 Å². The Hall–Kier alpha value is -1.59. The van der Waals surface area contributed by atoms with Gasteiger partial charge in [-0.3, -0.25) is 4.79 Å². The van der Waals surface area contributed by atoms with E-state index in [1.807, 2.05) is 27.7 Å². The summed E-state index contributed by atoms with van der Waals surface area (Å²) < 4.78 is 10.3. The largest absolute Gasteiger partial charge is 0.491 e. The van der Waals surface area contributed by atoms with Gasteiger partial charge in [0.05, 0.1) is 19.8 Å². The molecule has 1 aromatic rings. The van der Waals surface area contributed by atoms with Gasteiger partial charge in [0.25, 0.3) is 0 Å². The molecule has 0 spiro atoms. The molecule has 1 rings (SSSR count). The Balaban J connectivity index is 0. The van der Waals surface area contributed by atoms with E-state index >= 15 is 0 Å². The summed E-state index contributed by atoms with van der Waals surface area (Å²) in [6, 6.07) is 6.55. The summed E-state index contributed by atoms with van der Waals surface area (Å²) in [6.45, 7) is 9.13. The number of nitrogens with two attached hydrogens (primary N) is 1. The average molecular weight is 285 g/mol. The third-order valence-electron chi connectivity index (χ3n) is 1.87. The van der Waals surface area contributed by atoms with Crippen molar-refractivity contribution < 1.29 is 19.4 Å². The smallest absolute Gasteiger partial charge is 0.248 e. The second-order valence-electron chi connectivity index (χ2n) is 3.07. The van der Waals surface area contributed by atoms with E-state index in [0.29, 0.717) is 31.1 Å². The number of carbonyl (C=O) groups is 1. The van der Waals surface area contributed by atoms with Crippen LogP contribution in [-0.2, 0) is 4.74 Å². The molecule has 1 amide bonds. The molecule has 0 aliphatic rings. The summed E-state index contributed by atoms with van der Waals surface area (Å²) in [4.78, 5) is 10.8. The first-order valence-corrected chi connectivity index (χ1v) is 6.95. The SMILES string of the molecule is CC.CC.NC(=O)c1ccc(OCCOCCO)cc1. The molecule has 0 unspecified atom stereocenters. The van der Waals surface area contributed by atoms with Crippen LogP contribution in [0.3, 0.4) is 0 Å². The minimum absolute atomic E-state index is 0.00725. The Morgan fingerprint density at radius 3 is 2.05 bits per heavy atom. The zero-order valence-corrected chi connectivity index (χ0v) is 12.9. The molecule has 0 saturated heterocycles. The summed E-state index contributed by atoms with van der Waals surface area (Å²) >= 11 is 0. The Bertz CT molecular complexity index is 325. The Labute approximate surface area is 121 Å². The molecule has 5 heteroatoms. The van der Waals surface area contributed by atoms with Crippen molar-refractivity contribution in [1.29, 1.82) is 0 Å². The van der Waals surface area contributed by atoms with Crippen molar-refractivity contribution in [2.75, 3.05) is 26.4 Å². The molecule has 0 heterocycles.